The molecule has 1 N–H and O–H groups in total. The zero-order valence-corrected chi connectivity index (χ0v) is 26.6. The van der Waals surface area contributed by atoms with Crippen molar-refractivity contribution in [1.29, 1.82) is 0 Å². The normalized spacial score (nSPS) is 17.3. The molecule has 1 saturated heterocycles. The van der Waals surface area contributed by atoms with Crippen molar-refractivity contribution in [2.75, 3.05) is 13.1 Å². The predicted molar refractivity (Wildman–Crippen MR) is 175 cm³/mol. The molecule has 1 heterocycles. The van der Waals surface area contributed by atoms with Crippen LogP contribution in [-0.4, -0.2) is 35.5 Å². The van der Waals surface area contributed by atoms with Gasteiger partial charge in [-0.2, -0.15) is 0 Å². The lowest BCUT2D eigenvalue weighted by Crippen LogP contribution is -2.29. The van der Waals surface area contributed by atoms with Gasteiger partial charge in [-0.05, 0) is 104 Å². The number of benzene rings is 4. The molecule has 7 heteroatoms. The minimum atomic E-state index is -0.542. The van der Waals surface area contributed by atoms with Crippen LogP contribution in [0, 0.1) is 6.92 Å². The highest BCUT2D eigenvalue weighted by Gasteiger charge is 2.34. The second-order valence-electron chi connectivity index (χ2n) is 12.5. The van der Waals surface area contributed by atoms with E-state index in [4.69, 9.17) is 27.9 Å². The van der Waals surface area contributed by atoms with Gasteiger partial charge in [-0.15, -0.1) is 0 Å². The zero-order valence-electron chi connectivity index (χ0n) is 25.1. The summed E-state index contributed by atoms with van der Waals surface area (Å²) in [5, 5.41) is 6.60. The number of fused-ring (bicyclic) bond motifs is 1. The largest absolute Gasteiger partial charge is 0.460 e. The second-order valence-corrected chi connectivity index (χ2v) is 13.4. The van der Waals surface area contributed by atoms with Crippen LogP contribution in [0.1, 0.15) is 78.2 Å². The van der Waals surface area contributed by atoms with Crippen LogP contribution in [0.4, 0.5) is 0 Å². The molecule has 0 bridgehead atoms. The van der Waals surface area contributed by atoms with Crippen LogP contribution in [0.25, 0.3) is 10.8 Å². The van der Waals surface area contributed by atoms with Gasteiger partial charge in [-0.25, -0.2) is 0 Å². The van der Waals surface area contributed by atoms with Gasteiger partial charge in [0.05, 0.1) is 6.42 Å². The summed E-state index contributed by atoms with van der Waals surface area (Å²) in [4.78, 5) is 27.1. The highest BCUT2D eigenvalue weighted by Crippen LogP contribution is 2.43. The van der Waals surface area contributed by atoms with E-state index >= 15 is 0 Å². The van der Waals surface area contributed by atoms with Gasteiger partial charge >= 0.3 is 5.97 Å². The number of esters is 1. The first kappa shape index (κ1) is 31.1. The number of nitrogens with one attached hydrogen (secondary N) is 1. The van der Waals surface area contributed by atoms with Crippen molar-refractivity contribution in [1.82, 2.24) is 10.2 Å². The summed E-state index contributed by atoms with van der Waals surface area (Å²) in [7, 11) is 0. The summed E-state index contributed by atoms with van der Waals surface area (Å²) >= 11 is 12.8. The predicted octanol–water partition coefficient (Wildman–Crippen LogP) is 8.65. The number of aryl methyl sites for hydroxylation is 1. The molecule has 0 aliphatic carbocycles. The molecule has 4 aromatic rings. The van der Waals surface area contributed by atoms with E-state index in [1.807, 2.05) is 57.2 Å². The van der Waals surface area contributed by atoms with Gasteiger partial charge in [0.1, 0.15) is 5.60 Å². The molecular weight excluding hydrogens is 579 g/mol. The summed E-state index contributed by atoms with van der Waals surface area (Å²) in [5.41, 5.74) is 4.83. The van der Waals surface area contributed by atoms with Crippen molar-refractivity contribution in [3.05, 3.63) is 117 Å². The maximum absolute atomic E-state index is 12.7. The van der Waals surface area contributed by atoms with Gasteiger partial charge in [0.25, 0.3) is 5.91 Å². The van der Waals surface area contributed by atoms with E-state index in [0.29, 0.717) is 15.6 Å². The maximum Gasteiger partial charge on any atom is 0.308 e. The highest BCUT2D eigenvalue weighted by molar-refractivity contribution is 6.34. The molecule has 5 nitrogen and oxygen atoms in total. The average molecular weight is 618 g/mol. The van der Waals surface area contributed by atoms with E-state index < -0.39 is 5.60 Å². The van der Waals surface area contributed by atoms with Gasteiger partial charge < -0.3 is 10.1 Å². The van der Waals surface area contributed by atoms with E-state index in [0.717, 1.165) is 30.6 Å². The molecule has 4 aromatic carbocycles. The topological polar surface area (TPSA) is 58.6 Å². The average Bonchev–Trinajstić information content (AvgIpc) is 3.35. The monoisotopic (exact) mass is 616 g/mol. The van der Waals surface area contributed by atoms with Crippen molar-refractivity contribution in [2.45, 2.75) is 64.6 Å². The summed E-state index contributed by atoms with van der Waals surface area (Å²) in [6.45, 7) is 9.42. The first-order chi connectivity index (χ1) is 20.4. The second kappa shape index (κ2) is 13.1. The van der Waals surface area contributed by atoms with Crippen LogP contribution >= 0.6 is 23.2 Å². The minimum absolute atomic E-state index is 0.130. The Labute approximate surface area is 264 Å². The molecule has 0 radical (unpaired) electrons. The molecule has 0 aromatic heterocycles. The lowest BCUT2D eigenvalue weighted by atomic mass is 9.93. The van der Waals surface area contributed by atoms with Crippen LogP contribution in [0.3, 0.4) is 0 Å². The van der Waals surface area contributed by atoms with Gasteiger partial charge in [0, 0.05) is 41.3 Å². The molecule has 0 spiro atoms. The van der Waals surface area contributed by atoms with E-state index in [1.54, 1.807) is 6.07 Å². The third-order valence-corrected chi connectivity index (χ3v) is 8.24. The third-order valence-electron chi connectivity index (χ3n) is 7.80. The van der Waals surface area contributed by atoms with Crippen LogP contribution in [0.15, 0.2) is 78.9 Å². The Bertz CT molecular complexity index is 1610. The summed E-state index contributed by atoms with van der Waals surface area (Å²) in [5.74, 6) is -0.258. The number of carbonyl (C=O) groups excluding carboxylic acids is 2. The van der Waals surface area contributed by atoms with E-state index in [-0.39, 0.29) is 36.8 Å². The van der Waals surface area contributed by atoms with E-state index in [2.05, 4.69) is 53.5 Å². The molecule has 1 aliphatic rings. The molecule has 1 aliphatic heterocycles. The summed E-state index contributed by atoms with van der Waals surface area (Å²) in [6.07, 6.45) is 1.08. The first-order valence-corrected chi connectivity index (χ1v) is 15.5. The van der Waals surface area contributed by atoms with Crippen molar-refractivity contribution in [2.24, 2.45) is 0 Å². The molecule has 5 rings (SSSR count). The maximum atomic E-state index is 12.7. The van der Waals surface area contributed by atoms with E-state index in [1.165, 1.54) is 21.9 Å². The quantitative estimate of drug-likeness (QED) is 0.201. The van der Waals surface area contributed by atoms with Crippen LogP contribution in [0.5, 0.6) is 0 Å². The Kier molecular flexibility index (Phi) is 9.45. The number of hydrogen-bond acceptors (Lipinski definition) is 4. The summed E-state index contributed by atoms with van der Waals surface area (Å²) < 4.78 is 5.31. The van der Waals surface area contributed by atoms with Crippen LogP contribution in [-0.2, 0) is 16.1 Å². The molecule has 2 atom stereocenters. The number of halogens is 2. The molecule has 1 fully saturated rings. The number of hydrogen-bond donors (Lipinski definition) is 1. The molecular formula is C36H38Cl2N2O3. The number of carbonyl (C=O) groups is 2. The molecule has 1 amide bonds. The van der Waals surface area contributed by atoms with E-state index in [9.17, 15) is 9.59 Å². The standard InChI is InChI=1S/C36H38Cl2N2O3/c1-23-5-8-27-16-28(12-11-26(27)15-23)33-19-30(29-17-31(37)20-32(38)18-29)22-40(33)21-24-6-9-25(10-7-24)35(42)39-14-13-34(41)43-36(2,3)4/h5-12,15-18,20,30,33H,13-14,19,21-22H2,1-4H3,(H,39,42)/t30-,33-/m1/s1. The Morgan fingerprint density at radius 1 is 0.884 bits per heavy atom. The number of nitrogens with zero attached hydrogens (tertiary/aromatic N) is 1. The van der Waals surface area contributed by atoms with Gasteiger partial charge in [0.15, 0.2) is 0 Å². The zero-order chi connectivity index (χ0) is 30.7. The highest BCUT2D eigenvalue weighted by atomic mass is 35.5. The molecule has 0 unspecified atom stereocenters. The Morgan fingerprint density at radius 3 is 2.26 bits per heavy atom. The SMILES string of the molecule is Cc1ccc2cc([C@H]3C[C@@H](c4cc(Cl)cc(Cl)c4)CN3Cc3ccc(C(=O)NCCC(=O)OC(C)(C)C)cc3)ccc2c1. The third kappa shape index (κ3) is 8.17. The van der Waals surface area contributed by atoms with Gasteiger partial charge in [-0.3, -0.25) is 14.5 Å². The number of rotatable bonds is 8. The molecule has 43 heavy (non-hydrogen) atoms. The molecule has 0 saturated carbocycles. The first-order valence-electron chi connectivity index (χ1n) is 14.7. The number of ether oxygens (including phenoxy) is 1. The van der Waals surface area contributed by atoms with Gasteiger partial charge in [0.2, 0.25) is 0 Å². The van der Waals surface area contributed by atoms with Crippen molar-refractivity contribution in [3.8, 4) is 0 Å². The lowest BCUT2D eigenvalue weighted by Gasteiger charge is -2.25. The van der Waals surface area contributed by atoms with Crippen LogP contribution < -0.4 is 5.32 Å². The lowest BCUT2D eigenvalue weighted by molar-refractivity contribution is -0.154. The van der Waals surface area contributed by atoms with Crippen molar-refractivity contribution >= 4 is 45.9 Å². The fourth-order valence-corrected chi connectivity index (χ4v) is 6.38. The Balaban J connectivity index is 1.31. The number of amides is 1. The van der Waals surface area contributed by atoms with Crippen molar-refractivity contribution < 1.29 is 14.3 Å². The molecule has 224 valence electrons. The Morgan fingerprint density at radius 2 is 1.56 bits per heavy atom. The van der Waals surface area contributed by atoms with Crippen molar-refractivity contribution in [3.63, 3.8) is 0 Å². The fourth-order valence-electron chi connectivity index (χ4n) is 5.84. The number of likely N-dealkylation sites (tertiary alicyclic amines) is 1. The Hall–Kier alpha value is -3.38. The smallest absolute Gasteiger partial charge is 0.308 e. The minimum Gasteiger partial charge on any atom is -0.460 e. The summed E-state index contributed by atoms with van der Waals surface area (Å²) in [6, 6.07) is 27.1. The van der Waals surface area contributed by atoms with Crippen LogP contribution in [0.2, 0.25) is 10.0 Å². The fraction of sp³-hybridized carbons (Fsp3) is 0.333. The van der Waals surface area contributed by atoms with Gasteiger partial charge in [-0.1, -0.05) is 71.2 Å².